The highest BCUT2D eigenvalue weighted by Gasteiger charge is 2.29. The number of amides is 2. The van der Waals surface area contributed by atoms with E-state index in [0.29, 0.717) is 44.3 Å². The number of halogens is 2. The molecule has 2 amide bonds. The van der Waals surface area contributed by atoms with E-state index in [1.165, 1.54) is 10.4 Å². The molecule has 2 aliphatic heterocycles. The quantitative estimate of drug-likeness (QED) is 0.273. The number of nitrogens with zero attached hydrogens (tertiary/aromatic N) is 3. The highest BCUT2D eigenvalue weighted by atomic mass is 32.2. The van der Waals surface area contributed by atoms with Crippen LogP contribution in [0.1, 0.15) is 38.2 Å². The van der Waals surface area contributed by atoms with Gasteiger partial charge < -0.3 is 19.7 Å². The van der Waals surface area contributed by atoms with Gasteiger partial charge in [-0.2, -0.15) is 4.31 Å². The average molecular weight is 643 g/mol. The molecule has 3 aromatic carbocycles. The van der Waals surface area contributed by atoms with E-state index in [4.69, 9.17) is 9.47 Å². The summed E-state index contributed by atoms with van der Waals surface area (Å²) in [5.74, 6) is -0.286. The van der Waals surface area contributed by atoms with Crippen LogP contribution in [0, 0.1) is 11.6 Å². The molecule has 0 aliphatic carbocycles. The van der Waals surface area contributed by atoms with Gasteiger partial charge in [-0.05, 0) is 73.4 Å². The van der Waals surface area contributed by atoms with Crippen molar-refractivity contribution in [2.45, 2.75) is 50.1 Å². The number of rotatable bonds is 11. The Hall–Kier alpha value is -3.58. The second-order valence-electron chi connectivity index (χ2n) is 11.3. The van der Waals surface area contributed by atoms with E-state index >= 15 is 0 Å². The maximum absolute atomic E-state index is 14.2. The molecule has 0 atom stereocenters. The number of benzene rings is 3. The van der Waals surface area contributed by atoms with Crippen LogP contribution in [0.4, 0.5) is 19.3 Å². The minimum absolute atomic E-state index is 0.0264. The summed E-state index contributed by atoms with van der Waals surface area (Å²) in [5.41, 5.74) is 1.10. The topological polar surface area (TPSA) is 91.4 Å². The van der Waals surface area contributed by atoms with Gasteiger partial charge in [0, 0.05) is 51.4 Å². The molecule has 0 aromatic heterocycles. The number of morpholine rings is 1. The monoisotopic (exact) mass is 642 g/mol. The summed E-state index contributed by atoms with van der Waals surface area (Å²) in [5, 5.41) is 2.63. The first-order valence-corrected chi connectivity index (χ1v) is 16.9. The minimum Gasteiger partial charge on any atom is -0.457 e. The lowest BCUT2D eigenvalue weighted by atomic mass is 10.0. The standard InChI is InChI=1S/C33H40F2N4O5S/c1-2-3-16-39(33(40)36-32-13-6-26(34)23-31(32)35)27-14-17-37(18-15-27)24-25-4-7-28(8-5-25)44-29-9-11-30(12-10-29)45(41,42)38-19-21-43-22-20-38/h4-13,23,27H,2-3,14-22,24H2,1H3,(H,36,40). The van der Waals surface area contributed by atoms with Gasteiger partial charge in [-0.25, -0.2) is 22.0 Å². The molecule has 2 fully saturated rings. The lowest BCUT2D eigenvalue weighted by Gasteiger charge is -2.38. The Balaban J connectivity index is 1.12. The van der Waals surface area contributed by atoms with Crippen molar-refractivity contribution in [1.82, 2.24) is 14.1 Å². The number of ether oxygens (including phenoxy) is 2. The molecule has 5 rings (SSSR count). The number of hydrogen-bond acceptors (Lipinski definition) is 6. The second-order valence-corrected chi connectivity index (χ2v) is 13.3. The van der Waals surface area contributed by atoms with Crippen LogP contribution >= 0.6 is 0 Å². The van der Waals surface area contributed by atoms with Crippen molar-refractivity contribution in [2.75, 3.05) is 51.3 Å². The summed E-state index contributed by atoms with van der Waals surface area (Å²) in [6.45, 7) is 6.49. The molecule has 1 N–H and O–H groups in total. The van der Waals surface area contributed by atoms with E-state index in [0.717, 1.165) is 63.0 Å². The van der Waals surface area contributed by atoms with Crippen molar-refractivity contribution in [1.29, 1.82) is 0 Å². The summed E-state index contributed by atoms with van der Waals surface area (Å²) >= 11 is 0. The Morgan fingerprint density at radius 3 is 2.22 bits per heavy atom. The lowest BCUT2D eigenvalue weighted by molar-refractivity contribution is 0.0730. The van der Waals surface area contributed by atoms with Crippen molar-refractivity contribution in [3.63, 3.8) is 0 Å². The van der Waals surface area contributed by atoms with Gasteiger partial charge in [0.1, 0.15) is 23.1 Å². The van der Waals surface area contributed by atoms with Gasteiger partial charge in [-0.15, -0.1) is 0 Å². The van der Waals surface area contributed by atoms with E-state index < -0.39 is 21.7 Å². The third-order valence-corrected chi connectivity index (χ3v) is 10.1. The molecule has 2 saturated heterocycles. The van der Waals surface area contributed by atoms with Crippen molar-refractivity contribution >= 4 is 21.7 Å². The molecule has 45 heavy (non-hydrogen) atoms. The number of likely N-dealkylation sites (tertiary alicyclic amines) is 1. The van der Waals surface area contributed by atoms with Gasteiger partial charge in [0.15, 0.2) is 0 Å². The maximum Gasteiger partial charge on any atom is 0.322 e. The van der Waals surface area contributed by atoms with Crippen molar-refractivity contribution in [2.24, 2.45) is 0 Å². The molecule has 0 saturated carbocycles. The predicted molar refractivity (Wildman–Crippen MR) is 168 cm³/mol. The van der Waals surface area contributed by atoms with Crippen LogP contribution in [-0.2, 0) is 21.3 Å². The third-order valence-electron chi connectivity index (χ3n) is 8.18. The molecule has 2 aliphatic rings. The largest absolute Gasteiger partial charge is 0.457 e. The maximum atomic E-state index is 14.2. The summed E-state index contributed by atoms with van der Waals surface area (Å²) in [4.78, 5) is 17.5. The van der Waals surface area contributed by atoms with E-state index in [1.807, 2.05) is 24.3 Å². The van der Waals surface area contributed by atoms with Crippen LogP contribution in [0.15, 0.2) is 71.6 Å². The molecule has 3 aromatic rings. The third kappa shape index (κ3) is 8.57. The first kappa shape index (κ1) is 32.8. The van der Waals surface area contributed by atoms with E-state index in [-0.39, 0.29) is 22.7 Å². The van der Waals surface area contributed by atoms with Gasteiger partial charge >= 0.3 is 6.03 Å². The van der Waals surface area contributed by atoms with Crippen molar-refractivity contribution < 1.29 is 31.5 Å². The Kier molecular flexibility index (Phi) is 11.0. The van der Waals surface area contributed by atoms with Crippen molar-refractivity contribution in [3.05, 3.63) is 83.9 Å². The summed E-state index contributed by atoms with van der Waals surface area (Å²) in [6, 6.07) is 17.1. The number of unbranched alkanes of at least 4 members (excludes halogenated alkanes) is 1. The summed E-state index contributed by atoms with van der Waals surface area (Å²) < 4.78 is 65.8. The van der Waals surface area contributed by atoms with E-state index in [1.54, 1.807) is 29.2 Å². The van der Waals surface area contributed by atoms with E-state index in [9.17, 15) is 22.0 Å². The van der Waals surface area contributed by atoms with Crippen LogP contribution < -0.4 is 10.1 Å². The molecule has 2 heterocycles. The van der Waals surface area contributed by atoms with Gasteiger partial charge in [0.05, 0.1) is 23.8 Å². The van der Waals surface area contributed by atoms with Gasteiger partial charge in [-0.3, -0.25) is 4.90 Å². The molecular weight excluding hydrogens is 602 g/mol. The Bertz CT molecular complexity index is 1530. The van der Waals surface area contributed by atoms with Crippen LogP contribution in [0.5, 0.6) is 11.5 Å². The van der Waals surface area contributed by atoms with Gasteiger partial charge in [0.25, 0.3) is 0 Å². The fourth-order valence-corrected chi connectivity index (χ4v) is 7.03. The number of hydrogen-bond donors (Lipinski definition) is 1. The molecule has 0 bridgehead atoms. The van der Waals surface area contributed by atoms with Gasteiger partial charge in [-0.1, -0.05) is 25.5 Å². The first-order valence-electron chi connectivity index (χ1n) is 15.4. The number of urea groups is 1. The summed E-state index contributed by atoms with van der Waals surface area (Å²) in [6.07, 6.45) is 3.35. The number of carbonyl (C=O) groups is 1. The molecule has 242 valence electrons. The zero-order valence-electron chi connectivity index (χ0n) is 25.5. The lowest BCUT2D eigenvalue weighted by Crippen LogP contribution is -2.49. The van der Waals surface area contributed by atoms with Crippen molar-refractivity contribution in [3.8, 4) is 11.5 Å². The van der Waals surface area contributed by atoms with Crippen LogP contribution in [0.2, 0.25) is 0 Å². The van der Waals surface area contributed by atoms with E-state index in [2.05, 4.69) is 17.1 Å². The molecule has 0 unspecified atom stereocenters. The zero-order valence-corrected chi connectivity index (χ0v) is 26.3. The Labute approximate surface area is 263 Å². The summed E-state index contributed by atoms with van der Waals surface area (Å²) in [7, 11) is -3.56. The Morgan fingerprint density at radius 2 is 1.60 bits per heavy atom. The highest BCUT2D eigenvalue weighted by Crippen LogP contribution is 2.26. The second kappa shape index (κ2) is 15.1. The smallest absolute Gasteiger partial charge is 0.322 e. The van der Waals surface area contributed by atoms with Crippen LogP contribution in [-0.4, -0.2) is 80.5 Å². The highest BCUT2D eigenvalue weighted by molar-refractivity contribution is 7.89. The fraction of sp³-hybridized carbons (Fsp3) is 0.424. The van der Waals surface area contributed by atoms with Crippen LogP contribution in [0.3, 0.4) is 0 Å². The fourth-order valence-electron chi connectivity index (χ4n) is 5.62. The molecule has 9 nitrogen and oxygen atoms in total. The average Bonchev–Trinajstić information content (AvgIpc) is 3.05. The first-order chi connectivity index (χ1) is 21.7. The number of carbonyl (C=O) groups excluding carboxylic acids is 1. The SMILES string of the molecule is CCCCN(C(=O)Nc1ccc(F)cc1F)C1CCN(Cc2ccc(Oc3ccc(S(=O)(=O)N4CCOCC4)cc3)cc2)CC1. The van der Waals surface area contributed by atoms with Crippen LogP contribution in [0.25, 0.3) is 0 Å². The normalized spacial score (nSPS) is 16.8. The number of nitrogens with one attached hydrogen (secondary N) is 1. The number of piperidine rings is 1. The molecule has 0 spiro atoms. The predicted octanol–water partition coefficient (Wildman–Crippen LogP) is 6.08. The molecular formula is C33H40F2N4O5S. The minimum atomic E-state index is -3.56. The van der Waals surface area contributed by atoms with Gasteiger partial charge in [0.2, 0.25) is 10.0 Å². The molecule has 12 heteroatoms. The number of sulfonamides is 1. The number of anilines is 1. The Morgan fingerprint density at radius 1 is 0.956 bits per heavy atom. The molecule has 0 radical (unpaired) electrons. The zero-order chi connectivity index (χ0) is 31.8.